The van der Waals surface area contributed by atoms with Gasteiger partial charge in [0, 0.05) is 5.92 Å². The molecule has 8 nitrogen and oxygen atoms in total. The Morgan fingerprint density at radius 1 is 0.955 bits per heavy atom. The lowest BCUT2D eigenvalue weighted by molar-refractivity contribution is -1.13. The summed E-state index contributed by atoms with van der Waals surface area (Å²) in [6.45, 7) is 2.11. The minimum absolute atomic E-state index is 0.287. The molecule has 3 fully saturated rings. The minimum Gasteiger partial charge on any atom is -0.317 e. The summed E-state index contributed by atoms with van der Waals surface area (Å²) in [7, 11) is 0. The molecule has 0 aromatic heterocycles. The van der Waals surface area contributed by atoms with Crippen molar-refractivity contribution >= 4 is 17.8 Å². The molecule has 0 aromatic rings. The molecule has 122 valence electrons. The number of hydrogen-bond donors (Lipinski definition) is 4. The Morgan fingerprint density at radius 3 is 2.05 bits per heavy atom. The molecule has 0 aliphatic carbocycles. The summed E-state index contributed by atoms with van der Waals surface area (Å²) < 4.78 is -0.581. The highest BCUT2D eigenvalue weighted by Gasteiger charge is 2.69. The van der Waals surface area contributed by atoms with E-state index in [1.807, 2.05) is 0 Å². The second kappa shape index (κ2) is 5.60. The van der Waals surface area contributed by atoms with Crippen molar-refractivity contribution in [2.24, 2.45) is 5.92 Å². The molecule has 22 heavy (non-hydrogen) atoms. The number of imide groups is 2. The number of urea groups is 1. The zero-order valence-corrected chi connectivity index (χ0v) is 12.6. The summed E-state index contributed by atoms with van der Waals surface area (Å²) >= 11 is 0. The quantitative estimate of drug-likeness (QED) is 0.405. The number of hydroxylamine groups is 3. The van der Waals surface area contributed by atoms with Crippen molar-refractivity contribution in [2.75, 3.05) is 26.2 Å². The van der Waals surface area contributed by atoms with E-state index in [-0.39, 0.29) is 5.92 Å². The predicted octanol–water partition coefficient (Wildman–Crippen LogP) is -0.519. The topological polar surface area (TPSA) is 108 Å². The summed E-state index contributed by atoms with van der Waals surface area (Å²) in [4.78, 5) is 37.0. The van der Waals surface area contributed by atoms with Gasteiger partial charge in [-0.05, 0) is 45.2 Å². The average Bonchev–Trinajstić information content (AvgIpc) is 2.48. The average molecular weight is 311 g/mol. The highest BCUT2D eigenvalue weighted by molar-refractivity contribution is 6.21. The van der Waals surface area contributed by atoms with Crippen LogP contribution in [0, 0.1) is 5.92 Å². The van der Waals surface area contributed by atoms with Gasteiger partial charge in [-0.25, -0.2) is 10.0 Å². The molecular weight excluding hydrogens is 288 g/mol. The van der Waals surface area contributed by atoms with E-state index in [1.165, 1.54) is 0 Å². The number of barbiturate groups is 1. The molecule has 0 bridgehead atoms. The number of piperidine rings is 2. The minimum atomic E-state index is -1.61. The van der Waals surface area contributed by atoms with Crippen LogP contribution in [0.3, 0.4) is 0 Å². The molecule has 0 atom stereocenters. The SMILES string of the molecule is O=C1NC(=O)C(C2CCNCC2)([N+]2(O)CCCCC2)C(=O)N1. The van der Waals surface area contributed by atoms with Crippen LogP contribution in [0.4, 0.5) is 4.79 Å². The third-order valence-electron chi connectivity index (χ3n) is 5.29. The van der Waals surface area contributed by atoms with Gasteiger partial charge in [0.25, 0.3) is 5.54 Å². The smallest absolute Gasteiger partial charge is 0.317 e. The molecule has 3 saturated heterocycles. The Balaban J connectivity index is 2.06. The van der Waals surface area contributed by atoms with Gasteiger partial charge in [-0.15, -0.1) is 0 Å². The van der Waals surface area contributed by atoms with Gasteiger partial charge in [-0.3, -0.25) is 20.2 Å². The van der Waals surface area contributed by atoms with Crippen LogP contribution in [0.15, 0.2) is 0 Å². The second-order valence-corrected chi connectivity index (χ2v) is 6.46. The molecule has 0 radical (unpaired) electrons. The van der Waals surface area contributed by atoms with Gasteiger partial charge >= 0.3 is 17.8 Å². The largest absolute Gasteiger partial charge is 0.328 e. The van der Waals surface area contributed by atoms with Crippen LogP contribution in [0.1, 0.15) is 32.1 Å². The maximum absolute atomic E-state index is 12.8. The van der Waals surface area contributed by atoms with Crippen LogP contribution in [0.5, 0.6) is 0 Å². The van der Waals surface area contributed by atoms with E-state index in [2.05, 4.69) is 16.0 Å². The first kappa shape index (κ1) is 15.4. The fourth-order valence-corrected chi connectivity index (χ4v) is 4.25. The molecule has 3 heterocycles. The van der Waals surface area contributed by atoms with Crippen molar-refractivity contribution in [3.8, 4) is 0 Å². The van der Waals surface area contributed by atoms with Crippen molar-refractivity contribution in [3.63, 3.8) is 0 Å². The number of likely N-dealkylation sites (tertiary alicyclic amines) is 1. The van der Waals surface area contributed by atoms with Gasteiger partial charge in [0.1, 0.15) is 13.1 Å². The molecular formula is C14H23N4O4+. The van der Waals surface area contributed by atoms with E-state index in [1.54, 1.807) is 0 Å². The Kier molecular flexibility index (Phi) is 3.92. The van der Waals surface area contributed by atoms with Gasteiger partial charge < -0.3 is 5.32 Å². The molecule has 3 aliphatic heterocycles. The van der Waals surface area contributed by atoms with E-state index < -0.39 is 28.0 Å². The van der Waals surface area contributed by atoms with Crippen LogP contribution in [-0.2, 0) is 9.59 Å². The second-order valence-electron chi connectivity index (χ2n) is 6.46. The fourth-order valence-electron chi connectivity index (χ4n) is 4.25. The van der Waals surface area contributed by atoms with Gasteiger partial charge in [-0.1, -0.05) is 0 Å². The summed E-state index contributed by atoms with van der Waals surface area (Å²) in [6, 6.07) is -0.803. The van der Waals surface area contributed by atoms with Gasteiger partial charge in [0.15, 0.2) is 0 Å². The highest BCUT2D eigenvalue weighted by Crippen LogP contribution is 2.40. The molecule has 0 spiro atoms. The molecule has 0 saturated carbocycles. The maximum atomic E-state index is 12.8. The Bertz CT molecular complexity index is 475. The van der Waals surface area contributed by atoms with E-state index in [9.17, 15) is 19.6 Å². The zero-order valence-electron chi connectivity index (χ0n) is 12.6. The van der Waals surface area contributed by atoms with Crippen molar-refractivity contribution < 1.29 is 24.2 Å². The van der Waals surface area contributed by atoms with Gasteiger partial charge in [-0.2, -0.15) is 4.65 Å². The molecule has 8 heteroatoms. The number of hydrogen-bond acceptors (Lipinski definition) is 5. The molecule has 4 N–H and O–H groups in total. The monoisotopic (exact) mass is 311 g/mol. The van der Waals surface area contributed by atoms with E-state index >= 15 is 0 Å². The molecule has 3 rings (SSSR count). The first-order chi connectivity index (χ1) is 10.5. The summed E-state index contributed by atoms with van der Waals surface area (Å²) in [5.74, 6) is -1.60. The molecule has 0 unspecified atom stereocenters. The first-order valence-electron chi connectivity index (χ1n) is 7.98. The van der Waals surface area contributed by atoms with Crippen molar-refractivity contribution in [1.29, 1.82) is 0 Å². The summed E-state index contributed by atoms with van der Waals surface area (Å²) in [6.07, 6.45) is 3.74. The van der Waals surface area contributed by atoms with Gasteiger partial charge in [0.05, 0.1) is 0 Å². The lowest BCUT2D eigenvalue weighted by atomic mass is 9.73. The normalized spacial score (nSPS) is 28.9. The first-order valence-corrected chi connectivity index (χ1v) is 7.98. The van der Waals surface area contributed by atoms with Crippen molar-refractivity contribution in [2.45, 2.75) is 37.6 Å². The Labute approximate surface area is 128 Å². The summed E-state index contributed by atoms with van der Waals surface area (Å²) in [5.41, 5.74) is -1.61. The third kappa shape index (κ3) is 2.13. The molecule has 3 aliphatic rings. The van der Waals surface area contributed by atoms with E-state index in [0.29, 0.717) is 39.0 Å². The van der Waals surface area contributed by atoms with Crippen LogP contribution in [-0.4, -0.2) is 59.4 Å². The standard InChI is InChI=1S/C14H22N4O4/c19-11-14(10-4-6-15-7-5-10,12(20)17-13(21)16-11)18(22)8-2-1-3-9-18/h10,15,22H,1-9H2,(H-,16,17,19,20,21)/p+1. The van der Waals surface area contributed by atoms with Crippen molar-refractivity contribution in [1.82, 2.24) is 16.0 Å². The number of carbonyl (C=O) groups excluding carboxylic acids is 3. The van der Waals surface area contributed by atoms with Gasteiger partial charge in [0.2, 0.25) is 0 Å². The number of amides is 4. The number of quaternary nitrogens is 1. The van der Waals surface area contributed by atoms with Crippen LogP contribution >= 0.6 is 0 Å². The Morgan fingerprint density at radius 2 is 1.50 bits per heavy atom. The summed E-state index contributed by atoms with van der Waals surface area (Å²) in [5, 5.41) is 18.8. The number of carbonyl (C=O) groups is 3. The Hall–Kier alpha value is -1.51. The number of nitrogens with zero attached hydrogens (tertiary/aromatic N) is 1. The van der Waals surface area contributed by atoms with E-state index in [0.717, 1.165) is 19.3 Å². The van der Waals surface area contributed by atoms with Crippen LogP contribution in [0.25, 0.3) is 0 Å². The third-order valence-corrected chi connectivity index (χ3v) is 5.29. The van der Waals surface area contributed by atoms with Crippen molar-refractivity contribution in [3.05, 3.63) is 0 Å². The lowest BCUT2D eigenvalue weighted by Crippen LogP contribution is -2.82. The number of rotatable bonds is 2. The van der Waals surface area contributed by atoms with Crippen LogP contribution < -0.4 is 16.0 Å². The van der Waals surface area contributed by atoms with E-state index in [4.69, 9.17) is 0 Å². The zero-order chi connectivity index (χ0) is 15.8. The maximum Gasteiger partial charge on any atom is 0.328 e. The van der Waals surface area contributed by atoms with Crippen LogP contribution in [0.2, 0.25) is 0 Å². The highest BCUT2D eigenvalue weighted by atomic mass is 16.6. The fraction of sp³-hybridized carbons (Fsp3) is 0.786. The molecule has 0 aromatic carbocycles. The predicted molar refractivity (Wildman–Crippen MR) is 75.6 cm³/mol. The number of nitrogens with one attached hydrogen (secondary N) is 3. The lowest BCUT2D eigenvalue weighted by Gasteiger charge is -2.51. The molecule has 4 amide bonds.